The zero-order valence-electron chi connectivity index (χ0n) is 7.75. The number of carbonyl (C=O) groups excluding carboxylic acids is 2. The van der Waals surface area contributed by atoms with Crippen molar-refractivity contribution < 1.29 is 40.7 Å². The molecule has 0 unspecified atom stereocenters. The summed E-state index contributed by atoms with van der Waals surface area (Å²) in [6, 6.07) is 2.09. The minimum atomic E-state index is -6.13. The van der Waals surface area contributed by atoms with Crippen LogP contribution in [0.3, 0.4) is 0 Å². The van der Waals surface area contributed by atoms with E-state index in [2.05, 4.69) is 9.15 Å². The van der Waals surface area contributed by atoms with E-state index in [1.165, 1.54) is 0 Å². The van der Waals surface area contributed by atoms with Gasteiger partial charge in [-0.05, 0) is 12.1 Å². The van der Waals surface area contributed by atoms with Crippen LogP contribution in [0.2, 0.25) is 0 Å². The molecule has 0 fully saturated rings. The molecule has 0 amide bonds. The number of esters is 2. The number of carbonyl (C=O) groups is 2. The largest absolute Gasteiger partial charge is 0.465 e. The highest BCUT2D eigenvalue weighted by Crippen LogP contribution is 2.36. The van der Waals surface area contributed by atoms with Crippen LogP contribution >= 0.6 is 0 Å². The highest BCUT2D eigenvalue weighted by molar-refractivity contribution is 5.97. The molecule has 0 aliphatic heterocycles. The molecule has 1 aromatic rings. The number of furan rings is 1. The minimum absolute atomic E-state index is 0.670. The van der Waals surface area contributed by atoms with Crippen molar-refractivity contribution in [2.24, 2.45) is 0 Å². The first kappa shape index (κ1) is 13.1. The second-order valence-electron chi connectivity index (χ2n) is 2.73. The molecule has 0 radical (unpaired) electrons. The van der Waals surface area contributed by atoms with Crippen molar-refractivity contribution in [3.05, 3.63) is 24.2 Å². The minimum Gasteiger partial charge on any atom is -0.457 e. The van der Waals surface area contributed by atoms with Gasteiger partial charge in [-0.25, -0.2) is 9.59 Å². The van der Waals surface area contributed by atoms with Crippen LogP contribution < -0.4 is 0 Å². The molecule has 0 aliphatic carbocycles. The van der Waals surface area contributed by atoms with Gasteiger partial charge in [0.1, 0.15) is 0 Å². The van der Waals surface area contributed by atoms with E-state index in [0.717, 1.165) is 18.4 Å². The molecule has 0 bridgehead atoms. The predicted octanol–water partition coefficient (Wildman–Crippen LogP) is 2.16. The maximum atomic E-state index is 12.3. The Kier molecular flexibility index (Phi) is 3.21. The normalized spacial score (nSPS) is 12.3. The number of rotatable bonds is 2. The first-order valence-corrected chi connectivity index (χ1v) is 3.91. The standard InChI is InChI=1S/C8H3F5O4/c9-7(10,8(11,12)13)6(15)17-5(14)4-2-1-3-16-4/h1-3H. The molecule has 0 saturated heterocycles. The summed E-state index contributed by atoms with van der Waals surface area (Å²) in [7, 11) is 0. The average Bonchev–Trinajstić information content (AvgIpc) is 2.68. The molecule has 1 aromatic heterocycles. The van der Waals surface area contributed by atoms with Crippen LogP contribution in [0.25, 0.3) is 0 Å². The van der Waals surface area contributed by atoms with Crippen LogP contribution in [0.1, 0.15) is 10.6 Å². The molecular weight excluding hydrogens is 255 g/mol. The number of alkyl halides is 5. The Labute approximate surface area is 89.9 Å². The molecule has 1 heterocycles. The number of hydrogen-bond acceptors (Lipinski definition) is 4. The lowest BCUT2D eigenvalue weighted by atomic mass is 10.3. The van der Waals surface area contributed by atoms with E-state index in [0.29, 0.717) is 0 Å². The Hall–Kier alpha value is -1.93. The summed E-state index contributed by atoms with van der Waals surface area (Å²) in [5, 5.41) is 0. The molecule has 4 nitrogen and oxygen atoms in total. The summed E-state index contributed by atoms with van der Waals surface area (Å²) in [4.78, 5) is 21.3. The molecule has 9 heteroatoms. The summed E-state index contributed by atoms with van der Waals surface area (Å²) >= 11 is 0. The van der Waals surface area contributed by atoms with Gasteiger partial charge in [-0.15, -0.1) is 0 Å². The average molecular weight is 258 g/mol. The Bertz CT molecular complexity index is 420. The first-order valence-electron chi connectivity index (χ1n) is 3.91. The van der Waals surface area contributed by atoms with Crippen molar-refractivity contribution in [1.29, 1.82) is 0 Å². The number of halogens is 5. The van der Waals surface area contributed by atoms with Crippen LogP contribution in [0.4, 0.5) is 22.0 Å². The number of ether oxygens (including phenoxy) is 1. The maximum Gasteiger partial charge on any atom is 0.465 e. The zero-order chi connectivity index (χ0) is 13.3. The van der Waals surface area contributed by atoms with E-state index in [9.17, 15) is 31.5 Å². The first-order chi connectivity index (χ1) is 7.66. The van der Waals surface area contributed by atoms with E-state index < -0.39 is 29.8 Å². The van der Waals surface area contributed by atoms with Gasteiger partial charge < -0.3 is 9.15 Å². The van der Waals surface area contributed by atoms with Crippen LogP contribution in [0.5, 0.6) is 0 Å². The van der Waals surface area contributed by atoms with Gasteiger partial charge in [-0.1, -0.05) is 0 Å². The fourth-order valence-corrected chi connectivity index (χ4v) is 0.709. The summed E-state index contributed by atoms with van der Waals surface area (Å²) in [6.45, 7) is 0. The van der Waals surface area contributed by atoms with E-state index >= 15 is 0 Å². The van der Waals surface area contributed by atoms with Gasteiger partial charge in [0.25, 0.3) is 0 Å². The predicted molar refractivity (Wildman–Crippen MR) is 40.1 cm³/mol. The maximum absolute atomic E-state index is 12.3. The van der Waals surface area contributed by atoms with Gasteiger partial charge >= 0.3 is 24.0 Å². The van der Waals surface area contributed by atoms with E-state index in [1.54, 1.807) is 0 Å². The lowest BCUT2D eigenvalue weighted by molar-refractivity contribution is -0.277. The van der Waals surface area contributed by atoms with Gasteiger partial charge in [0.2, 0.25) is 5.76 Å². The molecule has 94 valence electrons. The summed E-state index contributed by atoms with van der Waals surface area (Å²) in [6.07, 6.45) is -5.18. The molecule has 1 rings (SSSR count). The quantitative estimate of drug-likeness (QED) is 0.463. The van der Waals surface area contributed by atoms with Crippen molar-refractivity contribution >= 4 is 11.9 Å². The van der Waals surface area contributed by atoms with Crippen LogP contribution in [-0.2, 0) is 9.53 Å². The number of hydrogen-bond donors (Lipinski definition) is 0. The third-order valence-corrected chi connectivity index (χ3v) is 1.52. The van der Waals surface area contributed by atoms with E-state index in [-0.39, 0.29) is 0 Å². The molecule has 17 heavy (non-hydrogen) atoms. The molecule has 0 saturated carbocycles. The summed E-state index contributed by atoms with van der Waals surface area (Å²) < 4.78 is 67.4. The smallest absolute Gasteiger partial charge is 0.457 e. The van der Waals surface area contributed by atoms with Crippen LogP contribution in [-0.4, -0.2) is 24.0 Å². The molecule has 0 N–H and O–H groups in total. The van der Waals surface area contributed by atoms with Crippen molar-refractivity contribution in [3.63, 3.8) is 0 Å². The van der Waals surface area contributed by atoms with Crippen molar-refractivity contribution in [2.45, 2.75) is 12.1 Å². The highest BCUT2D eigenvalue weighted by atomic mass is 19.4. The van der Waals surface area contributed by atoms with Crippen LogP contribution in [0, 0.1) is 0 Å². The molecule has 0 atom stereocenters. The van der Waals surface area contributed by atoms with Crippen molar-refractivity contribution in [1.82, 2.24) is 0 Å². The van der Waals surface area contributed by atoms with Crippen molar-refractivity contribution in [2.75, 3.05) is 0 Å². The van der Waals surface area contributed by atoms with Crippen molar-refractivity contribution in [3.8, 4) is 0 Å². The molecule has 0 spiro atoms. The Balaban J connectivity index is 2.77. The second kappa shape index (κ2) is 4.15. The van der Waals surface area contributed by atoms with E-state index in [4.69, 9.17) is 0 Å². The summed E-state index contributed by atoms with van der Waals surface area (Å²) in [5.41, 5.74) is 0. The Morgan fingerprint density at radius 1 is 1.18 bits per heavy atom. The fraction of sp³-hybridized carbons (Fsp3) is 0.250. The van der Waals surface area contributed by atoms with Gasteiger partial charge in [0, 0.05) is 0 Å². The van der Waals surface area contributed by atoms with E-state index in [1.807, 2.05) is 0 Å². The zero-order valence-corrected chi connectivity index (χ0v) is 7.75. The Morgan fingerprint density at radius 3 is 2.18 bits per heavy atom. The molecule has 0 aromatic carbocycles. The van der Waals surface area contributed by atoms with Gasteiger partial charge in [-0.2, -0.15) is 22.0 Å². The fourth-order valence-electron chi connectivity index (χ4n) is 0.709. The summed E-state index contributed by atoms with van der Waals surface area (Å²) in [5.74, 6) is -11.2. The lowest BCUT2D eigenvalue weighted by Gasteiger charge is -2.16. The lowest BCUT2D eigenvalue weighted by Crippen LogP contribution is -2.45. The monoisotopic (exact) mass is 258 g/mol. The second-order valence-corrected chi connectivity index (χ2v) is 2.73. The Morgan fingerprint density at radius 2 is 1.76 bits per heavy atom. The highest BCUT2D eigenvalue weighted by Gasteiger charge is 2.65. The topological polar surface area (TPSA) is 56.5 Å². The van der Waals surface area contributed by atoms with Gasteiger partial charge in [0.05, 0.1) is 6.26 Å². The van der Waals surface area contributed by atoms with Gasteiger partial charge in [0.15, 0.2) is 0 Å². The molecule has 0 aliphatic rings. The van der Waals surface area contributed by atoms with Gasteiger partial charge in [-0.3, -0.25) is 0 Å². The van der Waals surface area contributed by atoms with Crippen LogP contribution in [0.15, 0.2) is 22.8 Å². The third-order valence-electron chi connectivity index (χ3n) is 1.52. The third kappa shape index (κ3) is 2.60. The molecular formula is C8H3F5O4. The SMILES string of the molecule is O=C(OC(=O)C(F)(F)C(F)(F)F)c1ccco1.